The van der Waals surface area contributed by atoms with Crippen molar-refractivity contribution in [2.45, 2.75) is 6.54 Å². The van der Waals surface area contributed by atoms with Gasteiger partial charge < -0.3 is 10.3 Å². The summed E-state index contributed by atoms with van der Waals surface area (Å²) in [6, 6.07) is 9.47. The van der Waals surface area contributed by atoms with Crippen LogP contribution in [0.1, 0.15) is 5.56 Å². The molecule has 1 heterocycles. The van der Waals surface area contributed by atoms with Crippen LogP contribution in [0.3, 0.4) is 0 Å². The Morgan fingerprint density at radius 2 is 2.06 bits per heavy atom. The van der Waals surface area contributed by atoms with Crippen LogP contribution >= 0.6 is 23.8 Å². The standard InChI is InChI=1S/C11H10ClN3S/c12-9-3-1-8(2-4-9)6-13-10-5-11(16)15-7-14-10/h1-5,7H,6H2,(H2,13,14,15,16). The molecule has 82 valence electrons. The van der Waals surface area contributed by atoms with E-state index >= 15 is 0 Å². The molecule has 5 heteroatoms. The Morgan fingerprint density at radius 1 is 1.31 bits per heavy atom. The number of hydrogen-bond acceptors (Lipinski definition) is 3. The maximum atomic E-state index is 5.80. The van der Waals surface area contributed by atoms with Crippen molar-refractivity contribution in [1.29, 1.82) is 0 Å². The summed E-state index contributed by atoms with van der Waals surface area (Å²) < 4.78 is 0.567. The Kier molecular flexibility index (Phi) is 3.54. The van der Waals surface area contributed by atoms with E-state index in [0.717, 1.165) is 16.4 Å². The van der Waals surface area contributed by atoms with E-state index in [1.54, 1.807) is 12.4 Å². The molecule has 0 radical (unpaired) electrons. The van der Waals surface area contributed by atoms with E-state index in [0.29, 0.717) is 11.2 Å². The summed E-state index contributed by atoms with van der Waals surface area (Å²) in [7, 11) is 0. The lowest BCUT2D eigenvalue weighted by atomic mass is 10.2. The van der Waals surface area contributed by atoms with E-state index in [9.17, 15) is 0 Å². The minimum Gasteiger partial charge on any atom is -0.367 e. The first kappa shape index (κ1) is 11.1. The van der Waals surface area contributed by atoms with Crippen LogP contribution in [0.5, 0.6) is 0 Å². The van der Waals surface area contributed by atoms with Gasteiger partial charge in [0.05, 0.1) is 6.33 Å². The van der Waals surface area contributed by atoms with E-state index < -0.39 is 0 Å². The van der Waals surface area contributed by atoms with Crippen molar-refractivity contribution in [3.63, 3.8) is 0 Å². The van der Waals surface area contributed by atoms with Crippen LogP contribution in [0.15, 0.2) is 36.7 Å². The molecular weight excluding hydrogens is 242 g/mol. The van der Waals surface area contributed by atoms with Crippen LogP contribution in [0.25, 0.3) is 0 Å². The van der Waals surface area contributed by atoms with Gasteiger partial charge in [0.2, 0.25) is 0 Å². The molecule has 0 amide bonds. The lowest BCUT2D eigenvalue weighted by molar-refractivity contribution is 1.07. The van der Waals surface area contributed by atoms with Crippen molar-refractivity contribution in [2.75, 3.05) is 5.32 Å². The molecule has 2 aromatic rings. The van der Waals surface area contributed by atoms with Crippen molar-refractivity contribution in [2.24, 2.45) is 0 Å². The van der Waals surface area contributed by atoms with Gasteiger partial charge in [-0.2, -0.15) is 0 Å². The fourth-order valence-corrected chi connectivity index (χ4v) is 1.57. The molecule has 2 N–H and O–H groups in total. The second-order valence-electron chi connectivity index (χ2n) is 3.28. The lowest BCUT2D eigenvalue weighted by Crippen LogP contribution is -2.01. The highest BCUT2D eigenvalue weighted by atomic mass is 35.5. The third-order valence-corrected chi connectivity index (χ3v) is 2.55. The quantitative estimate of drug-likeness (QED) is 0.822. The molecule has 16 heavy (non-hydrogen) atoms. The fourth-order valence-electron chi connectivity index (χ4n) is 1.27. The number of nitrogens with one attached hydrogen (secondary N) is 2. The summed E-state index contributed by atoms with van der Waals surface area (Å²) in [5.74, 6) is 0.856. The van der Waals surface area contributed by atoms with E-state index in [-0.39, 0.29) is 0 Å². The molecule has 0 fully saturated rings. The zero-order valence-electron chi connectivity index (χ0n) is 8.40. The van der Waals surface area contributed by atoms with Crippen LogP contribution < -0.4 is 5.32 Å². The first-order chi connectivity index (χ1) is 7.74. The lowest BCUT2D eigenvalue weighted by Gasteiger charge is -2.05. The zero-order chi connectivity index (χ0) is 11.4. The van der Waals surface area contributed by atoms with E-state index in [2.05, 4.69) is 15.3 Å². The molecule has 3 nitrogen and oxygen atoms in total. The zero-order valence-corrected chi connectivity index (χ0v) is 9.98. The number of aromatic nitrogens is 2. The van der Waals surface area contributed by atoms with Crippen LogP contribution in [-0.2, 0) is 6.54 Å². The highest BCUT2D eigenvalue weighted by Gasteiger charge is 1.94. The minimum atomic E-state index is 0.567. The molecule has 0 unspecified atom stereocenters. The van der Waals surface area contributed by atoms with Gasteiger partial charge in [0.1, 0.15) is 10.5 Å². The van der Waals surface area contributed by atoms with Crippen molar-refractivity contribution >= 4 is 29.6 Å². The molecule has 0 aliphatic rings. The molecule has 0 spiro atoms. The van der Waals surface area contributed by atoms with Gasteiger partial charge in [0.15, 0.2) is 0 Å². The molecule has 1 aromatic heterocycles. The number of aromatic amines is 1. The number of rotatable bonds is 3. The van der Waals surface area contributed by atoms with Crippen LogP contribution in [0.4, 0.5) is 5.82 Å². The first-order valence-corrected chi connectivity index (χ1v) is 5.56. The summed E-state index contributed by atoms with van der Waals surface area (Å²) >= 11 is 10.8. The fraction of sp³-hybridized carbons (Fsp3) is 0.0909. The van der Waals surface area contributed by atoms with Gasteiger partial charge in [-0.05, 0) is 17.7 Å². The van der Waals surface area contributed by atoms with Gasteiger partial charge in [0.25, 0.3) is 0 Å². The van der Waals surface area contributed by atoms with Crippen molar-refractivity contribution in [3.8, 4) is 0 Å². The van der Waals surface area contributed by atoms with E-state index in [1.807, 2.05) is 24.3 Å². The van der Waals surface area contributed by atoms with Gasteiger partial charge in [-0.3, -0.25) is 0 Å². The van der Waals surface area contributed by atoms with Crippen LogP contribution in [0, 0.1) is 4.64 Å². The second-order valence-corrected chi connectivity index (χ2v) is 4.13. The van der Waals surface area contributed by atoms with Gasteiger partial charge in [-0.15, -0.1) is 0 Å². The van der Waals surface area contributed by atoms with Gasteiger partial charge in [-0.1, -0.05) is 36.0 Å². The number of hydrogen-bond donors (Lipinski definition) is 2. The molecule has 0 saturated carbocycles. The summed E-state index contributed by atoms with van der Waals surface area (Å²) in [4.78, 5) is 6.88. The summed E-state index contributed by atoms with van der Waals surface area (Å²) in [6.45, 7) is 0.715. The Morgan fingerprint density at radius 3 is 2.75 bits per heavy atom. The van der Waals surface area contributed by atoms with Gasteiger partial charge >= 0.3 is 0 Å². The Labute approximate surface area is 104 Å². The third kappa shape index (κ3) is 3.05. The molecular formula is C11H10ClN3S. The molecule has 1 aromatic carbocycles. The summed E-state index contributed by atoms with van der Waals surface area (Å²) in [5.41, 5.74) is 1.15. The van der Waals surface area contributed by atoms with Gasteiger partial charge in [-0.25, -0.2) is 4.98 Å². The van der Waals surface area contributed by atoms with E-state index in [1.165, 1.54) is 0 Å². The average Bonchev–Trinajstić information content (AvgIpc) is 2.28. The van der Waals surface area contributed by atoms with Gasteiger partial charge in [0, 0.05) is 17.6 Å². The van der Waals surface area contributed by atoms with E-state index in [4.69, 9.17) is 23.8 Å². The highest BCUT2D eigenvalue weighted by molar-refractivity contribution is 7.71. The highest BCUT2D eigenvalue weighted by Crippen LogP contribution is 2.10. The molecule has 0 atom stereocenters. The molecule has 2 rings (SSSR count). The summed E-state index contributed by atoms with van der Waals surface area (Å²) in [6.07, 6.45) is 1.58. The number of benzene rings is 1. The first-order valence-electron chi connectivity index (χ1n) is 4.77. The second kappa shape index (κ2) is 5.09. The maximum absolute atomic E-state index is 5.80. The Bertz CT molecular complexity index is 521. The largest absolute Gasteiger partial charge is 0.367 e. The van der Waals surface area contributed by atoms with Crippen LogP contribution in [-0.4, -0.2) is 9.97 Å². The normalized spacial score (nSPS) is 10.1. The van der Waals surface area contributed by atoms with Crippen molar-refractivity contribution in [3.05, 3.63) is 51.9 Å². The number of H-pyrrole nitrogens is 1. The Hall–Kier alpha value is -1.39. The Balaban J connectivity index is 2.02. The third-order valence-electron chi connectivity index (χ3n) is 2.08. The topological polar surface area (TPSA) is 40.7 Å². The van der Waals surface area contributed by atoms with Crippen LogP contribution in [0.2, 0.25) is 5.02 Å². The SMILES string of the molecule is S=c1cc(NCc2ccc(Cl)cc2)[nH]cn1. The predicted octanol–water partition coefficient (Wildman–Crippen LogP) is 3.40. The summed E-state index contributed by atoms with van der Waals surface area (Å²) in [5, 5.41) is 3.96. The molecule has 0 aliphatic heterocycles. The molecule has 0 saturated heterocycles. The number of anilines is 1. The predicted molar refractivity (Wildman–Crippen MR) is 68.2 cm³/mol. The maximum Gasteiger partial charge on any atom is 0.131 e. The minimum absolute atomic E-state index is 0.567. The van der Waals surface area contributed by atoms with Crippen molar-refractivity contribution in [1.82, 2.24) is 9.97 Å². The number of nitrogens with zero attached hydrogens (tertiary/aromatic N) is 1. The number of halogens is 1. The van der Waals surface area contributed by atoms with Crippen molar-refractivity contribution < 1.29 is 0 Å². The monoisotopic (exact) mass is 251 g/mol. The molecule has 0 bridgehead atoms. The average molecular weight is 252 g/mol. The smallest absolute Gasteiger partial charge is 0.131 e. The molecule has 0 aliphatic carbocycles.